The molecule has 4 rings (SSSR count). The second kappa shape index (κ2) is 8.38. The van der Waals surface area contributed by atoms with Gasteiger partial charge < -0.3 is 15.5 Å². The number of nitrogens with zero attached hydrogens (tertiary/aromatic N) is 2. The van der Waals surface area contributed by atoms with Crippen molar-refractivity contribution in [2.45, 2.75) is 12.5 Å². The minimum atomic E-state index is -1.28. The maximum absolute atomic E-state index is 13.2. The number of rotatable bonds is 5. The predicted octanol–water partition coefficient (Wildman–Crippen LogP) is 2.95. The van der Waals surface area contributed by atoms with E-state index >= 15 is 0 Å². The minimum absolute atomic E-state index is 0.202. The van der Waals surface area contributed by atoms with Crippen molar-refractivity contribution in [2.75, 3.05) is 26.0 Å². The van der Waals surface area contributed by atoms with Crippen LogP contribution in [0.5, 0.6) is 0 Å². The molecular weight excluding hydrogens is 420 g/mol. The molecule has 1 saturated heterocycles. The molecule has 1 heterocycles. The van der Waals surface area contributed by atoms with Gasteiger partial charge in [0.05, 0.1) is 0 Å². The van der Waals surface area contributed by atoms with Crippen LogP contribution in [0.1, 0.15) is 22.8 Å². The molecule has 0 bridgehead atoms. The lowest BCUT2D eigenvalue weighted by Crippen LogP contribution is -2.42. The molecule has 0 radical (unpaired) electrons. The molecule has 1 aliphatic heterocycles. The van der Waals surface area contributed by atoms with Gasteiger partial charge in [-0.2, -0.15) is 0 Å². The molecule has 1 fully saturated rings. The van der Waals surface area contributed by atoms with E-state index in [9.17, 15) is 19.2 Å². The molecule has 0 aliphatic carbocycles. The highest BCUT2D eigenvalue weighted by Gasteiger charge is 2.49. The number of benzene rings is 3. The molecule has 33 heavy (non-hydrogen) atoms. The van der Waals surface area contributed by atoms with Crippen molar-refractivity contribution in [3.63, 3.8) is 0 Å². The molecular formula is C25H24N4O4. The average molecular weight is 444 g/mol. The van der Waals surface area contributed by atoms with Gasteiger partial charge in [-0.1, -0.05) is 42.5 Å². The van der Waals surface area contributed by atoms with Crippen molar-refractivity contribution >= 4 is 40.2 Å². The number of fused-ring (bicyclic) bond motifs is 1. The molecule has 168 valence electrons. The summed E-state index contributed by atoms with van der Waals surface area (Å²) in [6.45, 7) is 1.19. The summed E-state index contributed by atoms with van der Waals surface area (Å²) in [5, 5.41) is 7.34. The SMILES string of the molecule is CN(C)C(=O)c1cccc(NC(=O)CN2C(=O)NC(C)(c3ccc4ccccc4c3)C2=O)c1. The van der Waals surface area contributed by atoms with Gasteiger partial charge in [-0.05, 0) is 47.5 Å². The molecule has 0 spiro atoms. The lowest BCUT2D eigenvalue weighted by atomic mass is 9.90. The van der Waals surface area contributed by atoms with E-state index in [1.54, 1.807) is 51.4 Å². The summed E-state index contributed by atoms with van der Waals surface area (Å²) in [5.74, 6) is -1.25. The van der Waals surface area contributed by atoms with Crippen LogP contribution in [-0.2, 0) is 15.1 Å². The van der Waals surface area contributed by atoms with Gasteiger partial charge in [0.25, 0.3) is 11.8 Å². The zero-order valence-electron chi connectivity index (χ0n) is 18.6. The zero-order valence-corrected chi connectivity index (χ0v) is 18.6. The number of urea groups is 1. The van der Waals surface area contributed by atoms with Crippen LogP contribution in [0.15, 0.2) is 66.7 Å². The molecule has 2 N–H and O–H groups in total. The van der Waals surface area contributed by atoms with Gasteiger partial charge in [-0.3, -0.25) is 19.3 Å². The van der Waals surface area contributed by atoms with E-state index in [0.717, 1.165) is 15.7 Å². The number of nitrogens with one attached hydrogen (secondary N) is 2. The van der Waals surface area contributed by atoms with Crippen molar-refractivity contribution in [1.82, 2.24) is 15.1 Å². The number of carbonyl (C=O) groups is 4. The first-order valence-electron chi connectivity index (χ1n) is 10.4. The Balaban J connectivity index is 1.50. The Bertz CT molecular complexity index is 1290. The van der Waals surface area contributed by atoms with Crippen molar-refractivity contribution in [3.8, 4) is 0 Å². The molecule has 0 saturated carbocycles. The summed E-state index contributed by atoms with van der Waals surface area (Å²) in [5.41, 5.74) is 0.172. The first-order valence-corrected chi connectivity index (χ1v) is 10.4. The fourth-order valence-electron chi connectivity index (χ4n) is 3.87. The van der Waals surface area contributed by atoms with E-state index in [2.05, 4.69) is 10.6 Å². The molecule has 0 aromatic heterocycles. The van der Waals surface area contributed by atoms with Gasteiger partial charge >= 0.3 is 6.03 Å². The third kappa shape index (κ3) is 4.15. The zero-order chi connectivity index (χ0) is 23.8. The number of hydrogen-bond donors (Lipinski definition) is 2. The largest absolute Gasteiger partial charge is 0.345 e. The molecule has 1 aliphatic rings. The normalized spacial score (nSPS) is 17.7. The summed E-state index contributed by atoms with van der Waals surface area (Å²) in [6, 6.07) is 19.1. The van der Waals surface area contributed by atoms with E-state index in [1.165, 1.54) is 4.90 Å². The summed E-state index contributed by atoms with van der Waals surface area (Å²) in [6.07, 6.45) is 0. The van der Waals surface area contributed by atoms with Gasteiger partial charge in [0.2, 0.25) is 5.91 Å². The summed E-state index contributed by atoms with van der Waals surface area (Å²) in [7, 11) is 3.27. The van der Waals surface area contributed by atoms with E-state index < -0.39 is 29.9 Å². The van der Waals surface area contributed by atoms with Crippen molar-refractivity contribution < 1.29 is 19.2 Å². The molecule has 3 aromatic carbocycles. The predicted molar refractivity (Wildman–Crippen MR) is 125 cm³/mol. The first-order chi connectivity index (χ1) is 15.7. The molecule has 3 aromatic rings. The quantitative estimate of drug-likeness (QED) is 0.591. The van der Waals surface area contributed by atoms with Gasteiger partial charge in [0.15, 0.2) is 0 Å². The summed E-state index contributed by atoms with van der Waals surface area (Å²) < 4.78 is 0. The number of carbonyl (C=O) groups excluding carboxylic acids is 4. The number of anilines is 1. The standard InChI is InChI=1S/C25H24N4O4/c1-25(19-12-11-16-7-4-5-8-17(16)13-19)23(32)29(24(33)27-25)15-21(30)26-20-10-6-9-18(14-20)22(31)28(2)3/h4-14H,15H2,1-3H3,(H,26,30)(H,27,33). The van der Waals surface area contributed by atoms with E-state index in [1.807, 2.05) is 36.4 Å². The molecule has 1 atom stereocenters. The minimum Gasteiger partial charge on any atom is -0.345 e. The lowest BCUT2D eigenvalue weighted by molar-refractivity contribution is -0.133. The Morgan fingerprint density at radius 2 is 1.70 bits per heavy atom. The van der Waals surface area contributed by atoms with Gasteiger partial charge in [0.1, 0.15) is 12.1 Å². The van der Waals surface area contributed by atoms with Crippen LogP contribution in [0.4, 0.5) is 10.5 Å². The first kappa shape index (κ1) is 22.0. The summed E-state index contributed by atoms with van der Waals surface area (Å²) >= 11 is 0. The van der Waals surface area contributed by atoms with Crippen molar-refractivity contribution in [1.29, 1.82) is 0 Å². The van der Waals surface area contributed by atoms with Crippen LogP contribution in [0, 0.1) is 0 Å². The van der Waals surface area contributed by atoms with Crippen LogP contribution in [0.25, 0.3) is 10.8 Å². The fourth-order valence-corrected chi connectivity index (χ4v) is 3.87. The molecule has 8 nitrogen and oxygen atoms in total. The number of amides is 5. The Labute approximate surface area is 191 Å². The monoisotopic (exact) mass is 444 g/mol. The van der Waals surface area contributed by atoms with Crippen LogP contribution in [0.2, 0.25) is 0 Å². The highest BCUT2D eigenvalue weighted by atomic mass is 16.2. The van der Waals surface area contributed by atoms with Gasteiger partial charge in [0, 0.05) is 25.3 Å². The second-order valence-corrected chi connectivity index (χ2v) is 8.34. The van der Waals surface area contributed by atoms with Crippen LogP contribution < -0.4 is 10.6 Å². The van der Waals surface area contributed by atoms with E-state index in [4.69, 9.17) is 0 Å². The third-order valence-corrected chi connectivity index (χ3v) is 5.70. The lowest BCUT2D eigenvalue weighted by Gasteiger charge is -2.22. The average Bonchev–Trinajstić information content (AvgIpc) is 3.02. The highest BCUT2D eigenvalue weighted by Crippen LogP contribution is 2.31. The topological polar surface area (TPSA) is 98.8 Å². The fraction of sp³-hybridized carbons (Fsp3) is 0.200. The Kier molecular flexibility index (Phi) is 5.59. The second-order valence-electron chi connectivity index (χ2n) is 8.34. The Morgan fingerprint density at radius 1 is 0.970 bits per heavy atom. The van der Waals surface area contributed by atoms with Crippen LogP contribution in [0.3, 0.4) is 0 Å². The maximum atomic E-state index is 13.2. The van der Waals surface area contributed by atoms with E-state index in [-0.39, 0.29) is 5.91 Å². The van der Waals surface area contributed by atoms with Crippen molar-refractivity contribution in [3.05, 3.63) is 77.9 Å². The third-order valence-electron chi connectivity index (χ3n) is 5.70. The smallest absolute Gasteiger partial charge is 0.325 e. The van der Waals surface area contributed by atoms with E-state index in [0.29, 0.717) is 16.8 Å². The molecule has 8 heteroatoms. The van der Waals surface area contributed by atoms with Crippen LogP contribution >= 0.6 is 0 Å². The molecule has 5 amide bonds. The van der Waals surface area contributed by atoms with Gasteiger partial charge in [-0.15, -0.1) is 0 Å². The summed E-state index contributed by atoms with van der Waals surface area (Å²) in [4.78, 5) is 52.9. The van der Waals surface area contributed by atoms with Crippen molar-refractivity contribution in [2.24, 2.45) is 0 Å². The Hall–Kier alpha value is -4.20. The number of hydrogen-bond acceptors (Lipinski definition) is 4. The van der Waals surface area contributed by atoms with Crippen LogP contribution in [-0.4, -0.2) is 54.2 Å². The molecule has 1 unspecified atom stereocenters. The van der Waals surface area contributed by atoms with Gasteiger partial charge in [-0.25, -0.2) is 4.79 Å². The maximum Gasteiger partial charge on any atom is 0.325 e. The Morgan fingerprint density at radius 3 is 2.42 bits per heavy atom. The number of imide groups is 1. The highest BCUT2D eigenvalue weighted by molar-refractivity contribution is 6.10.